The number of hydrogen-bond acceptors (Lipinski definition) is 5. The van der Waals surface area contributed by atoms with Gasteiger partial charge in [-0.1, -0.05) is 17.7 Å². The molecule has 33 heavy (non-hydrogen) atoms. The molecule has 0 fully saturated rings. The van der Waals surface area contributed by atoms with E-state index in [1.165, 1.54) is 0 Å². The van der Waals surface area contributed by atoms with Gasteiger partial charge in [0.2, 0.25) is 5.91 Å². The number of rotatable bonds is 6. The fourth-order valence-corrected chi connectivity index (χ4v) is 3.95. The molecule has 0 saturated heterocycles. The Balaban J connectivity index is 1.58. The summed E-state index contributed by atoms with van der Waals surface area (Å²) in [6.45, 7) is 9.73. The molecule has 0 radical (unpaired) electrons. The lowest BCUT2D eigenvalue weighted by Crippen LogP contribution is -2.33. The monoisotopic (exact) mass is 445 g/mol. The molecule has 0 unspecified atom stereocenters. The lowest BCUT2D eigenvalue weighted by atomic mass is 10.1. The summed E-state index contributed by atoms with van der Waals surface area (Å²) in [5.74, 6) is -0.135. The normalized spacial score (nSPS) is 11.2. The highest BCUT2D eigenvalue weighted by atomic mass is 16.3. The van der Waals surface area contributed by atoms with Gasteiger partial charge in [0.1, 0.15) is 5.69 Å². The number of aryl methyl sites for hydroxylation is 3. The second-order valence-corrected chi connectivity index (χ2v) is 8.46. The van der Waals surface area contributed by atoms with Crippen LogP contribution in [0.4, 0.5) is 5.69 Å². The van der Waals surface area contributed by atoms with Gasteiger partial charge in [0.15, 0.2) is 11.4 Å². The summed E-state index contributed by atoms with van der Waals surface area (Å²) >= 11 is 0. The quantitative estimate of drug-likeness (QED) is 0.453. The van der Waals surface area contributed by atoms with Gasteiger partial charge in [0.05, 0.1) is 30.0 Å². The lowest BCUT2D eigenvalue weighted by Gasteiger charge is -2.13. The zero-order chi connectivity index (χ0) is 23.7. The van der Waals surface area contributed by atoms with Crippen LogP contribution in [0.15, 0.2) is 47.2 Å². The topological polar surface area (TPSA) is 102 Å². The maximum Gasteiger partial charge on any atom is 0.252 e. The second kappa shape index (κ2) is 8.90. The number of amides is 2. The van der Waals surface area contributed by atoms with Crippen molar-refractivity contribution in [1.82, 2.24) is 20.1 Å². The number of furan rings is 1. The van der Waals surface area contributed by atoms with Crippen molar-refractivity contribution >= 4 is 28.5 Å². The van der Waals surface area contributed by atoms with E-state index >= 15 is 0 Å². The fraction of sp³-hybridized carbons (Fsp3) is 0.280. The lowest BCUT2D eigenvalue weighted by molar-refractivity contribution is -0.115. The third-order valence-corrected chi connectivity index (χ3v) is 5.43. The Morgan fingerprint density at radius 1 is 1.12 bits per heavy atom. The van der Waals surface area contributed by atoms with Crippen LogP contribution in [0.5, 0.6) is 0 Å². The number of hydrogen-bond donors (Lipinski definition) is 2. The van der Waals surface area contributed by atoms with Crippen molar-refractivity contribution in [3.63, 3.8) is 0 Å². The molecular formula is C25H27N5O3. The largest absolute Gasteiger partial charge is 0.463 e. The summed E-state index contributed by atoms with van der Waals surface area (Å²) in [5.41, 5.74) is 5.35. The van der Waals surface area contributed by atoms with E-state index in [9.17, 15) is 9.59 Å². The average Bonchev–Trinajstić information content (AvgIpc) is 3.43. The van der Waals surface area contributed by atoms with Gasteiger partial charge < -0.3 is 15.1 Å². The first kappa shape index (κ1) is 22.3. The van der Waals surface area contributed by atoms with E-state index in [1.54, 1.807) is 35.3 Å². The molecule has 4 rings (SSSR count). The van der Waals surface area contributed by atoms with E-state index in [2.05, 4.69) is 20.7 Å². The fourth-order valence-electron chi connectivity index (χ4n) is 3.95. The van der Waals surface area contributed by atoms with E-state index in [0.717, 1.165) is 22.4 Å². The van der Waals surface area contributed by atoms with E-state index in [1.807, 2.05) is 46.8 Å². The smallest absolute Gasteiger partial charge is 0.252 e. The Morgan fingerprint density at radius 3 is 2.48 bits per heavy atom. The summed E-state index contributed by atoms with van der Waals surface area (Å²) in [6.07, 6.45) is 3.18. The number of carbonyl (C=O) groups is 2. The standard InChI is InChI=1S/C25H27N5O3/c1-14(2)30-24-19(12-27-30)18(11-20(28-24)21-7-6-8-33-21)25(32)26-13-22(31)29-23-16(4)9-15(3)10-17(23)5/h6-12,14H,13H2,1-5H3,(H,26,32)(H,29,31). The van der Waals surface area contributed by atoms with Crippen molar-refractivity contribution in [3.05, 3.63) is 65.0 Å². The van der Waals surface area contributed by atoms with Gasteiger partial charge in [-0.3, -0.25) is 9.59 Å². The maximum absolute atomic E-state index is 13.1. The number of anilines is 1. The minimum Gasteiger partial charge on any atom is -0.463 e. The highest BCUT2D eigenvalue weighted by molar-refractivity contribution is 6.08. The summed E-state index contributed by atoms with van der Waals surface area (Å²) < 4.78 is 7.25. The van der Waals surface area contributed by atoms with E-state index in [4.69, 9.17) is 4.42 Å². The average molecular weight is 446 g/mol. The molecule has 2 amide bonds. The molecule has 0 atom stereocenters. The Kier molecular flexibility index (Phi) is 6.00. The Bertz CT molecular complexity index is 1310. The van der Waals surface area contributed by atoms with Crippen molar-refractivity contribution in [3.8, 4) is 11.5 Å². The zero-order valence-electron chi connectivity index (χ0n) is 19.4. The third-order valence-electron chi connectivity index (χ3n) is 5.43. The number of pyridine rings is 1. The highest BCUT2D eigenvalue weighted by Gasteiger charge is 2.20. The zero-order valence-corrected chi connectivity index (χ0v) is 19.4. The number of nitrogens with zero attached hydrogens (tertiary/aromatic N) is 3. The Labute approximate surface area is 192 Å². The molecule has 0 bridgehead atoms. The first-order chi connectivity index (χ1) is 15.7. The minimum absolute atomic E-state index is 0.0597. The van der Waals surface area contributed by atoms with Crippen LogP contribution in [0.25, 0.3) is 22.5 Å². The van der Waals surface area contributed by atoms with Crippen molar-refractivity contribution in [1.29, 1.82) is 0 Å². The molecule has 170 valence electrons. The van der Waals surface area contributed by atoms with E-state index < -0.39 is 0 Å². The van der Waals surface area contributed by atoms with Crippen molar-refractivity contribution in [2.45, 2.75) is 40.7 Å². The predicted molar refractivity (Wildman–Crippen MR) is 127 cm³/mol. The second-order valence-electron chi connectivity index (χ2n) is 8.46. The van der Waals surface area contributed by atoms with Gasteiger partial charge in [-0.25, -0.2) is 9.67 Å². The molecular weight excluding hydrogens is 418 g/mol. The highest BCUT2D eigenvalue weighted by Crippen LogP contribution is 2.27. The summed E-state index contributed by atoms with van der Waals surface area (Å²) in [4.78, 5) is 30.4. The van der Waals surface area contributed by atoms with Gasteiger partial charge in [-0.15, -0.1) is 0 Å². The van der Waals surface area contributed by atoms with Crippen LogP contribution in [-0.2, 0) is 4.79 Å². The summed E-state index contributed by atoms with van der Waals surface area (Å²) in [6, 6.07) is 9.29. The van der Waals surface area contributed by atoms with Gasteiger partial charge in [0.25, 0.3) is 5.91 Å². The Morgan fingerprint density at radius 2 is 1.85 bits per heavy atom. The molecule has 4 aromatic rings. The number of fused-ring (bicyclic) bond motifs is 1. The molecule has 0 aliphatic rings. The molecule has 8 heteroatoms. The number of nitrogens with one attached hydrogen (secondary N) is 2. The minimum atomic E-state index is -0.383. The predicted octanol–water partition coefficient (Wildman–Crippen LogP) is 4.57. The van der Waals surface area contributed by atoms with Crippen molar-refractivity contribution in [2.24, 2.45) is 0 Å². The maximum atomic E-state index is 13.1. The van der Waals surface area contributed by atoms with E-state index in [0.29, 0.717) is 28.1 Å². The Hall–Kier alpha value is -3.94. The van der Waals surface area contributed by atoms with Crippen molar-refractivity contribution < 1.29 is 14.0 Å². The molecule has 0 aliphatic heterocycles. The van der Waals surface area contributed by atoms with Crippen LogP contribution in [-0.4, -0.2) is 33.1 Å². The molecule has 3 heterocycles. The molecule has 8 nitrogen and oxygen atoms in total. The van der Waals surface area contributed by atoms with E-state index in [-0.39, 0.29) is 24.4 Å². The molecule has 2 N–H and O–H groups in total. The number of benzene rings is 1. The van der Waals surface area contributed by atoms with Crippen LogP contribution in [0.2, 0.25) is 0 Å². The van der Waals surface area contributed by atoms with Crippen LogP contribution >= 0.6 is 0 Å². The first-order valence-electron chi connectivity index (χ1n) is 10.8. The molecule has 0 saturated carbocycles. The van der Waals surface area contributed by atoms with Gasteiger partial charge in [0, 0.05) is 11.7 Å². The molecule has 0 spiro atoms. The van der Waals surface area contributed by atoms with Crippen molar-refractivity contribution in [2.75, 3.05) is 11.9 Å². The van der Waals surface area contributed by atoms with Crippen LogP contribution in [0.3, 0.4) is 0 Å². The molecule has 3 aromatic heterocycles. The number of carbonyl (C=O) groups excluding carboxylic acids is 2. The molecule has 0 aliphatic carbocycles. The van der Waals surface area contributed by atoms with Gasteiger partial charge >= 0.3 is 0 Å². The SMILES string of the molecule is Cc1cc(C)c(NC(=O)CNC(=O)c2cc(-c3ccco3)nc3c2cnn3C(C)C)c(C)c1. The van der Waals surface area contributed by atoms with Crippen LogP contribution in [0.1, 0.15) is 46.9 Å². The third kappa shape index (κ3) is 4.50. The molecule has 1 aromatic carbocycles. The van der Waals surface area contributed by atoms with Gasteiger partial charge in [-0.05, 0) is 63.9 Å². The summed E-state index contributed by atoms with van der Waals surface area (Å²) in [7, 11) is 0. The first-order valence-corrected chi connectivity index (χ1v) is 10.8. The number of aromatic nitrogens is 3. The summed E-state index contributed by atoms with van der Waals surface area (Å²) in [5, 5.41) is 10.6. The van der Waals surface area contributed by atoms with Gasteiger partial charge in [-0.2, -0.15) is 5.10 Å². The van der Waals surface area contributed by atoms with Crippen LogP contribution in [0, 0.1) is 20.8 Å². The van der Waals surface area contributed by atoms with Crippen LogP contribution < -0.4 is 10.6 Å².